The molecular weight excluding hydrogens is 454 g/mol. The summed E-state index contributed by atoms with van der Waals surface area (Å²) < 4.78 is 0. The van der Waals surface area contributed by atoms with Crippen molar-refractivity contribution in [3.8, 4) is 0 Å². The Kier molecular flexibility index (Phi) is 9.31. The first kappa shape index (κ1) is 26.0. The van der Waals surface area contributed by atoms with Crippen molar-refractivity contribution in [3.05, 3.63) is 27.5 Å². The Morgan fingerprint density at radius 2 is 2.09 bits per heavy atom. The highest BCUT2D eigenvalue weighted by molar-refractivity contribution is 7.11. The van der Waals surface area contributed by atoms with Crippen LogP contribution in [0.4, 0.5) is 0 Å². The summed E-state index contributed by atoms with van der Waals surface area (Å²) >= 11 is 1.70. The maximum atomic E-state index is 12.6. The molecule has 0 bridgehead atoms. The number of piperidine rings is 1. The van der Waals surface area contributed by atoms with Crippen LogP contribution in [0, 0.1) is 6.92 Å². The van der Waals surface area contributed by atoms with Crippen LogP contribution in [-0.2, 0) is 22.6 Å². The average Bonchev–Trinajstić information content (AvgIpc) is 3.19. The number of carbonyl (C=O) groups is 2. The van der Waals surface area contributed by atoms with Crippen LogP contribution >= 0.6 is 11.3 Å². The first-order valence-corrected chi connectivity index (χ1v) is 12.4. The molecule has 1 aromatic heterocycles. The van der Waals surface area contributed by atoms with E-state index >= 15 is 0 Å². The highest BCUT2D eigenvalue weighted by Gasteiger charge is 2.23. The zero-order valence-corrected chi connectivity index (χ0v) is 21.0. The van der Waals surface area contributed by atoms with E-state index in [1.54, 1.807) is 24.3 Å². The zero-order chi connectivity index (χ0) is 24.7. The van der Waals surface area contributed by atoms with Crippen molar-refractivity contribution in [1.29, 1.82) is 0 Å². The van der Waals surface area contributed by atoms with E-state index in [-0.39, 0.29) is 30.1 Å². The van der Waals surface area contributed by atoms with Gasteiger partial charge in [-0.05, 0) is 26.5 Å². The Morgan fingerprint density at radius 1 is 1.35 bits per heavy atom. The van der Waals surface area contributed by atoms with Gasteiger partial charge in [0, 0.05) is 76.7 Å². The quantitative estimate of drug-likeness (QED) is 0.434. The molecule has 186 valence electrons. The van der Waals surface area contributed by atoms with Crippen LogP contribution in [0.15, 0.2) is 21.9 Å². The minimum atomic E-state index is -0.691. The molecule has 0 radical (unpaired) electrons. The standard InChI is InChI=1S/C23H35N7O3S/c1-15-27-19-7-8-29(14-21(19)34-15)13-18(32)12-26-23(33)20(24-3)11-22(25-4)28-17-5-9-30(10-6-17)16(2)31/h11,17-18,28,32H,4-10,12-14H2,1-3H3,(H,26,33)/b22-11+,24-20+/t18-/m0/s1. The maximum Gasteiger partial charge on any atom is 0.269 e. The van der Waals surface area contributed by atoms with E-state index in [1.807, 2.05) is 11.8 Å². The molecule has 1 aromatic rings. The number of β-amino-alcohol motifs (C(OH)–C–C–N with tert-alkyl or cyclic N) is 1. The van der Waals surface area contributed by atoms with Crippen LogP contribution < -0.4 is 10.6 Å². The second-order valence-corrected chi connectivity index (χ2v) is 9.96. The van der Waals surface area contributed by atoms with Gasteiger partial charge in [-0.1, -0.05) is 0 Å². The van der Waals surface area contributed by atoms with Gasteiger partial charge in [0.1, 0.15) is 11.5 Å². The normalized spacial score (nSPS) is 18.9. The lowest BCUT2D eigenvalue weighted by Crippen LogP contribution is -2.44. The Hall–Kier alpha value is -2.63. The number of nitrogens with one attached hydrogen (secondary N) is 2. The lowest BCUT2D eigenvalue weighted by Gasteiger charge is -2.32. The van der Waals surface area contributed by atoms with Crippen molar-refractivity contribution in [2.75, 3.05) is 39.8 Å². The number of thiazole rings is 1. The first-order valence-electron chi connectivity index (χ1n) is 11.6. The summed E-state index contributed by atoms with van der Waals surface area (Å²) in [6.45, 7) is 10.8. The molecule has 0 aromatic carbocycles. The number of carbonyl (C=O) groups excluding carboxylic acids is 2. The molecule has 2 amide bonds. The number of aliphatic hydroxyl groups is 1. The number of hydrogen-bond acceptors (Lipinski definition) is 9. The second-order valence-electron chi connectivity index (χ2n) is 8.67. The molecule has 1 saturated heterocycles. The third-order valence-corrected chi connectivity index (χ3v) is 7.09. The van der Waals surface area contributed by atoms with E-state index < -0.39 is 6.10 Å². The number of aliphatic imine (C=N–C) groups is 2. The number of aryl methyl sites for hydroxylation is 1. The molecular formula is C23H35N7O3S. The highest BCUT2D eigenvalue weighted by atomic mass is 32.1. The van der Waals surface area contributed by atoms with Gasteiger partial charge in [-0.15, -0.1) is 11.3 Å². The molecule has 3 heterocycles. The minimum Gasteiger partial charge on any atom is -0.390 e. The fourth-order valence-corrected chi connectivity index (χ4v) is 5.26. The first-order chi connectivity index (χ1) is 16.3. The summed E-state index contributed by atoms with van der Waals surface area (Å²) in [5.41, 5.74) is 1.37. The number of aliphatic hydroxyl groups excluding tert-OH is 1. The Balaban J connectivity index is 1.46. The predicted octanol–water partition coefficient (Wildman–Crippen LogP) is 0.500. The van der Waals surface area contributed by atoms with Gasteiger partial charge in [0.2, 0.25) is 5.91 Å². The molecule has 34 heavy (non-hydrogen) atoms. The summed E-state index contributed by atoms with van der Waals surface area (Å²) in [6.07, 6.45) is 3.34. The highest BCUT2D eigenvalue weighted by Crippen LogP contribution is 2.24. The predicted molar refractivity (Wildman–Crippen MR) is 134 cm³/mol. The van der Waals surface area contributed by atoms with Crippen LogP contribution in [0.2, 0.25) is 0 Å². The van der Waals surface area contributed by atoms with Crippen LogP contribution in [0.3, 0.4) is 0 Å². The smallest absolute Gasteiger partial charge is 0.269 e. The summed E-state index contributed by atoms with van der Waals surface area (Å²) in [5, 5.41) is 17.6. The van der Waals surface area contributed by atoms with Crippen molar-refractivity contribution < 1.29 is 14.7 Å². The molecule has 3 rings (SSSR count). The third-order valence-electron chi connectivity index (χ3n) is 6.09. The fraction of sp³-hybridized carbons (Fsp3) is 0.609. The molecule has 2 aliphatic heterocycles. The summed E-state index contributed by atoms with van der Waals surface area (Å²) in [4.78, 5) is 42.0. The molecule has 0 saturated carbocycles. The van der Waals surface area contributed by atoms with E-state index in [4.69, 9.17) is 0 Å². The number of rotatable bonds is 9. The zero-order valence-electron chi connectivity index (χ0n) is 20.2. The SMILES string of the molecule is C=N/C(=C\C(=N/C)C(=O)NC[C@H](O)CN1CCc2nc(C)sc2C1)NC1CCN(C(C)=O)CC1. The van der Waals surface area contributed by atoms with Crippen molar-refractivity contribution in [3.63, 3.8) is 0 Å². The summed E-state index contributed by atoms with van der Waals surface area (Å²) in [6, 6.07) is 0.141. The number of hydrogen-bond donors (Lipinski definition) is 3. The molecule has 0 unspecified atom stereocenters. The van der Waals surface area contributed by atoms with Gasteiger partial charge in [-0.2, -0.15) is 0 Å². The van der Waals surface area contributed by atoms with Crippen LogP contribution in [-0.4, -0.2) is 96.1 Å². The van der Waals surface area contributed by atoms with Crippen LogP contribution in [0.25, 0.3) is 0 Å². The van der Waals surface area contributed by atoms with Crippen LogP contribution in [0.5, 0.6) is 0 Å². The summed E-state index contributed by atoms with van der Waals surface area (Å²) in [5.74, 6) is 0.162. The largest absolute Gasteiger partial charge is 0.390 e. The Labute approximate surface area is 204 Å². The van der Waals surface area contributed by atoms with Gasteiger partial charge in [0.25, 0.3) is 5.91 Å². The number of fused-ring (bicyclic) bond motifs is 1. The topological polar surface area (TPSA) is 123 Å². The van der Waals surface area contributed by atoms with E-state index in [0.29, 0.717) is 25.5 Å². The van der Waals surface area contributed by atoms with E-state index in [1.165, 1.54) is 17.6 Å². The van der Waals surface area contributed by atoms with Gasteiger partial charge in [-0.3, -0.25) is 19.5 Å². The average molecular weight is 490 g/mol. The molecule has 11 heteroatoms. The van der Waals surface area contributed by atoms with Gasteiger partial charge in [0.15, 0.2) is 0 Å². The van der Waals surface area contributed by atoms with Crippen molar-refractivity contribution >= 4 is 35.6 Å². The minimum absolute atomic E-state index is 0.0824. The number of nitrogens with zero attached hydrogens (tertiary/aromatic N) is 5. The van der Waals surface area contributed by atoms with E-state index in [0.717, 1.165) is 37.4 Å². The molecule has 10 nitrogen and oxygen atoms in total. The van der Waals surface area contributed by atoms with Gasteiger partial charge < -0.3 is 20.6 Å². The second kappa shape index (κ2) is 12.2. The van der Waals surface area contributed by atoms with Gasteiger partial charge in [0.05, 0.1) is 16.8 Å². The molecule has 2 aliphatic rings. The molecule has 0 aliphatic carbocycles. The lowest BCUT2D eigenvalue weighted by atomic mass is 10.1. The van der Waals surface area contributed by atoms with Gasteiger partial charge in [-0.25, -0.2) is 9.98 Å². The van der Waals surface area contributed by atoms with E-state index in [2.05, 4.69) is 37.2 Å². The molecule has 0 spiro atoms. The summed E-state index contributed by atoms with van der Waals surface area (Å²) in [7, 11) is 1.54. The van der Waals surface area contributed by atoms with Gasteiger partial charge >= 0.3 is 0 Å². The number of likely N-dealkylation sites (tertiary alicyclic amines) is 1. The van der Waals surface area contributed by atoms with Crippen molar-refractivity contribution in [2.24, 2.45) is 9.98 Å². The Morgan fingerprint density at radius 3 is 2.74 bits per heavy atom. The van der Waals surface area contributed by atoms with Crippen molar-refractivity contribution in [1.82, 2.24) is 25.4 Å². The maximum absolute atomic E-state index is 12.6. The van der Waals surface area contributed by atoms with Crippen LogP contribution in [0.1, 0.15) is 35.3 Å². The fourth-order valence-electron chi connectivity index (χ4n) is 4.24. The molecule has 1 atom stereocenters. The lowest BCUT2D eigenvalue weighted by molar-refractivity contribution is -0.129. The molecule has 3 N–H and O–H groups in total. The third kappa shape index (κ3) is 7.18. The van der Waals surface area contributed by atoms with Crippen molar-refractivity contribution in [2.45, 2.75) is 51.8 Å². The number of aromatic nitrogens is 1. The number of amides is 2. The van der Waals surface area contributed by atoms with E-state index in [9.17, 15) is 14.7 Å². The Bertz CT molecular complexity index is 950. The monoisotopic (exact) mass is 489 g/mol. The molecule has 1 fully saturated rings.